The van der Waals surface area contributed by atoms with Crippen LogP contribution in [-0.4, -0.2) is 10.4 Å². The Morgan fingerprint density at radius 2 is 2.36 bits per heavy atom. The van der Waals surface area contributed by atoms with Crippen molar-refractivity contribution in [2.75, 3.05) is 0 Å². The SMILES string of the molecule is CC1SCc2cc(C#N)ccc2C1O. The average Bonchev–Trinajstić information content (AvgIpc) is 2.23. The number of rotatable bonds is 0. The Labute approximate surface area is 87.6 Å². The van der Waals surface area contributed by atoms with Gasteiger partial charge < -0.3 is 5.11 Å². The lowest BCUT2D eigenvalue weighted by atomic mass is 9.99. The fourth-order valence-electron chi connectivity index (χ4n) is 1.65. The maximum Gasteiger partial charge on any atom is 0.0991 e. The Morgan fingerprint density at radius 3 is 3.07 bits per heavy atom. The van der Waals surface area contributed by atoms with Crippen LogP contribution in [0.15, 0.2) is 18.2 Å². The van der Waals surface area contributed by atoms with Crippen LogP contribution in [0.1, 0.15) is 29.7 Å². The maximum atomic E-state index is 9.89. The van der Waals surface area contributed by atoms with E-state index in [1.165, 1.54) is 0 Å². The van der Waals surface area contributed by atoms with E-state index in [2.05, 4.69) is 6.07 Å². The molecular formula is C11H11NOS. The maximum absolute atomic E-state index is 9.89. The van der Waals surface area contributed by atoms with Gasteiger partial charge in [0.2, 0.25) is 0 Å². The Hall–Kier alpha value is -0.980. The molecule has 0 spiro atoms. The first-order chi connectivity index (χ1) is 6.72. The summed E-state index contributed by atoms with van der Waals surface area (Å²) in [5, 5.41) is 18.9. The van der Waals surface area contributed by atoms with Gasteiger partial charge in [-0.2, -0.15) is 17.0 Å². The summed E-state index contributed by atoms with van der Waals surface area (Å²) in [4.78, 5) is 0. The minimum atomic E-state index is -0.392. The molecule has 0 saturated heterocycles. The van der Waals surface area contributed by atoms with Crippen molar-refractivity contribution in [2.24, 2.45) is 0 Å². The van der Waals surface area contributed by atoms with Crippen molar-refractivity contribution in [3.8, 4) is 6.07 Å². The van der Waals surface area contributed by atoms with Gasteiger partial charge in [0, 0.05) is 11.0 Å². The largest absolute Gasteiger partial charge is 0.387 e. The van der Waals surface area contributed by atoms with E-state index < -0.39 is 6.10 Å². The van der Waals surface area contributed by atoms with Crippen LogP contribution < -0.4 is 0 Å². The van der Waals surface area contributed by atoms with Crippen molar-refractivity contribution in [3.63, 3.8) is 0 Å². The van der Waals surface area contributed by atoms with E-state index in [9.17, 15) is 5.11 Å². The fourth-order valence-corrected chi connectivity index (χ4v) is 2.68. The molecule has 0 radical (unpaired) electrons. The number of aliphatic hydroxyl groups excluding tert-OH is 1. The zero-order chi connectivity index (χ0) is 10.1. The summed E-state index contributed by atoms with van der Waals surface area (Å²) < 4.78 is 0. The van der Waals surface area contributed by atoms with E-state index in [1.54, 1.807) is 17.8 Å². The van der Waals surface area contributed by atoms with Gasteiger partial charge in [0.05, 0.1) is 17.7 Å². The quantitative estimate of drug-likeness (QED) is 0.706. The number of nitrogens with zero attached hydrogens (tertiary/aromatic N) is 1. The third-order valence-electron chi connectivity index (χ3n) is 2.54. The number of fused-ring (bicyclic) bond motifs is 1. The van der Waals surface area contributed by atoms with Gasteiger partial charge in [-0.25, -0.2) is 0 Å². The van der Waals surface area contributed by atoms with Crippen LogP contribution in [0, 0.1) is 11.3 Å². The number of nitriles is 1. The fraction of sp³-hybridized carbons (Fsp3) is 0.364. The van der Waals surface area contributed by atoms with Crippen molar-refractivity contribution in [1.29, 1.82) is 5.26 Å². The molecule has 1 aliphatic rings. The molecule has 0 amide bonds. The summed E-state index contributed by atoms with van der Waals surface area (Å²) in [5.41, 5.74) is 2.75. The lowest BCUT2D eigenvalue weighted by Gasteiger charge is -2.26. The molecule has 0 bridgehead atoms. The zero-order valence-corrected chi connectivity index (χ0v) is 8.71. The number of hydrogen-bond acceptors (Lipinski definition) is 3. The first-order valence-corrected chi connectivity index (χ1v) is 5.60. The lowest BCUT2D eigenvalue weighted by molar-refractivity contribution is 0.177. The molecule has 0 saturated carbocycles. The van der Waals surface area contributed by atoms with Gasteiger partial charge >= 0.3 is 0 Å². The van der Waals surface area contributed by atoms with E-state index >= 15 is 0 Å². The van der Waals surface area contributed by atoms with E-state index in [-0.39, 0.29) is 5.25 Å². The predicted octanol–water partition coefficient (Wildman–Crippen LogP) is 2.23. The van der Waals surface area contributed by atoms with Crippen LogP contribution in [0.25, 0.3) is 0 Å². The highest BCUT2D eigenvalue weighted by molar-refractivity contribution is 7.99. The van der Waals surface area contributed by atoms with Crippen molar-refractivity contribution >= 4 is 11.8 Å². The Kier molecular flexibility index (Phi) is 2.49. The zero-order valence-electron chi connectivity index (χ0n) is 7.90. The van der Waals surface area contributed by atoms with Gasteiger partial charge in [-0.3, -0.25) is 0 Å². The summed E-state index contributed by atoms with van der Waals surface area (Å²) >= 11 is 1.73. The van der Waals surface area contributed by atoms with Crippen LogP contribution in [0.3, 0.4) is 0 Å². The summed E-state index contributed by atoms with van der Waals surface area (Å²) in [6.07, 6.45) is -0.392. The van der Waals surface area contributed by atoms with E-state index in [4.69, 9.17) is 5.26 Å². The second-order valence-corrected chi connectivity index (χ2v) is 4.85. The van der Waals surface area contributed by atoms with Gasteiger partial charge in [-0.15, -0.1) is 0 Å². The normalized spacial score (nSPS) is 25.2. The minimum absolute atomic E-state index is 0.246. The molecule has 0 fully saturated rings. The van der Waals surface area contributed by atoms with Gasteiger partial charge in [0.15, 0.2) is 0 Å². The molecule has 1 aliphatic heterocycles. The summed E-state index contributed by atoms with van der Waals surface area (Å²) in [7, 11) is 0. The van der Waals surface area contributed by atoms with Crippen LogP contribution in [-0.2, 0) is 5.75 Å². The van der Waals surface area contributed by atoms with Crippen molar-refractivity contribution < 1.29 is 5.11 Å². The third-order valence-corrected chi connectivity index (χ3v) is 3.80. The first-order valence-electron chi connectivity index (χ1n) is 4.55. The van der Waals surface area contributed by atoms with Gasteiger partial charge in [-0.05, 0) is 23.3 Å². The minimum Gasteiger partial charge on any atom is -0.387 e. The van der Waals surface area contributed by atoms with E-state index in [0.717, 1.165) is 16.9 Å². The Bertz CT molecular complexity index is 397. The summed E-state index contributed by atoms with van der Waals surface area (Å²) in [5.74, 6) is 0.892. The van der Waals surface area contributed by atoms with Gasteiger partial charge in [0.25, 0.3) is 0 Å². The number of thioether (sulfide) groups is 1. The summed E-state index contributed by atoms with van der Waals surface area (Å²) in [6.45, 7) is 2.02. The molecule has 1 heterocycles. The van der Waals surface area contributed by atoms with E-state index in [1.807, 2.05) is 19.1 Å². The molecule has 0 aromatic heterocycles. The molecule has 3 heteroatoms. The van der Waals surface area contributed by atoms with Gasteiger partial charge in [-0.1, -0.05) is 13.0 Å². The highest BCUT2D eigenvalue weighted by Gasteiger charge is 2.24. The molecule has 2 atom stereocenters. The Morgan fingerprint density at radius 1 is 1.57 bits per heavy atom. The van der Waals surface area contributed by atoms with Crippen molar-refractivity contribution in [2.45, 2.75) is 24.0 Å². The van der Waals surface area contributed by atoms with Crippen LogP contribution in [0.5, 0.6) is 0 Å². The molecule has 1 aromatic rings. The molecule has 1 aromatic carbocycles. The van der Waals surface area contributed by atoms with Crippen LogP contribution in [0.4, 0.5) is 0 Å². The van der Waals surface area contributed by atoms with E-state index in [0.29, 0.717) is 5.56 Å². The molecule has 14 heavy (non-hydrogen) atoms. The van der Waals surface area contributed by atoms with Crippen LogP contribution in [0.2, 0.25) is 0 Å². The lowest BCUT2D eigenvalue weighted by Crippen LogP contribution is -2.18. The van der Waals surface area contributed by atoms with Gasteiger partial charge in [0.1, 0.15) is 0 Å². The molecule has 2 rings (SSSR count). The standard InChI is InChI=1S/C11H11NOS/c1-7-11(13)10-3-2-8(5-12)4-9(10)6-14-7/h2-4,7,11,13H,6H2,1H3. The first kappa shape index (κ1) is 9.57. The molecule has 72 valence electrons. The van der Waals surface area contributed by atoms with Crippen molar-refractivity contribution in [3.05, 3.63) is 34.9 Å². The van der Waals surface area contributed by atoms with Crippen molar-refractivity contribution in [1.82, 2.24) is 0 Å². The smallest absolute Gasteiger partial charge is 0.0991 e. The highest BCUT2D eigenvalue weighted by Crippen LogP contribution is 2.37. The predicted molar refractivity (Wildman–Crippen MR) is 56.9 cm³/mol. The second kappa shape index (κ2) is 3.64. The average molecular weight is 205 g/mol. The monoisotopic (exact) mass is 205 g/mol. The number of aliphatic hydroxyl groups is 1. The molecular weight excluding hydrogens is 194 g/mol. The molecule has 0 aliphatic carbocycles. The molecule has 1 N–H and O–H groups in total. The third kappa shape index (κ3) is 1.52. The Balaban J connectivity index is 2.45. The molecule has 2 nitrogen and oxygen atoms in total. The van der Waals surface area contributed by atoms with Crippen LogP contribution >= 0.6 is 11.8 Å². The number of hydrogen-bond donors (Lipinski definition) is 1. The number of benzene rings is 1. The summed E-state index contributed by atoms with van der Waals surface area (Å²) in [6, 6.07) is 7.62. The molecule has 2 unspecified atom stereocenters. The second-order valence-electron chi connectivity index (χ2n) is 3.49. The highest BCUT2D eigenvalue weighted by atomic mass is 32.2. The topological polar surface area (TPSA) is 44.0 Å².